The third-order valence-electron chi connectivity index (χ3n) is 3.17. The van der Waals surface area contributed by atoms with Crippen LogP contribution in [-0.4, -0.2) is 6.09 Å². The fourth-order valence-corrected chi connectivity index (χ4v) is 2.22. The predicted molar refractivity (Wildman–Crippen MR) is 83.9 cm³/mol. The van der Waals surface area contributed by atoms with E-state index in [1.54, 1.807) is 0 Å². The zero-order valence-electron chi connectivity index (χ0n) is 11.4. The molecule has 0 aliphatic carbocycles. The normalized spacial score (nSPS) is 10.2. The Bertz CT molecular complexity index is 611. The fraction of sp³-hybridized carbons (Fsp3) is 0.188. The van der Waals surface area contributed by atoms with E-state index in [0.29, 0.717) is 0 Å². The molecular weight excluding hydrogens is 318 g/mol. The molecule has 2 rings (SSSR count). The van der Waals surface area contributed by atoms with Crippen LogP contribution in [0.2, 0.25) is 0 Å². The smallest absolute Gasteiger partial charge is 0.411 e. The quantitative estimate of drug-likeness (QED) is 0.874. The first-order valence-corrected chi connectivity index (χ1v) is 7.10. The number of ether oxygens (including phenoxy) is 1. The van der Waals surface area contributed by atoms with E-state index in [1.165, 1.54) is 0 Å². The minimum Gasteiger partial charge on any atom is -0.444 e. The molecule has 0 radical (unpaired) electrons. The van der Waals surface area contributed by atoms with Gasteiger partial charge in [-0.15, -0.1) is 0 Å². The summed E-state index contributed by atoms with van der Waals surface area (Å²) in [5.41, 5.74) is 3.86. The van der Waals surface area contributed by atoms with Gasteiger partial charge in [0.25, 0.3) is 0 Å². The van der Waals surface area contributed by atoms with Crippen molar-refractivity contribution in [3.8, 4) is 0 Å². The Morgan fingerprint density at radius 2 is 1.80 bits per heavy atom. The van der Waals surface area contributed by atoms with Gasteiger partial charge in [-0.05, 0) is 42.7 Å². The first kappa shape index (κ1) is 14.6. The molecule has 4 heteroatoms. The summed E-state index contributed by atoms with van der Waals surface area (Å²) in [6.45, 7) is 4.23. The standard InChI is InChI=1S/C16H16BrNO2/c1-11-12(2)15(9-8-14(11)17)18-16(19)20-10-13-6-4-3-5-7-13/h3-9H,10H2,1-2H3,(H,18,19). The van der Waals surface area contributed by atoms with Gasteiger partial charge in [0.2, 0.25) is 0 Å². The van der Waals surface area contributed by atoms with Crippen LogP contribution in [0.15, 0.2) is 46.9 Å². The molecule has 0 saturated heterocycles. The maximum Gasteiger partial charge on any atom is 0.411 e. The lowest BCUT2D eigenvalue weighted by Gasteiger charge is -2.12. The maximum atomic E-state index is 11.8. The molecule has 104 valence electrons. The number of rotatable bonds is 3. The largest absolute Gasteiger partial charge is 0.444 e. The Kier molecular flexibility index (Phi) is 4.79. The van der Waals surface area contributed by atoms with Crippen LogP contribution in [0.25, 0.3) is 0 Å². The van der Waals surface area contributed by atoms with E-state index >= 15 is 0 Å². The molecule has 2 aromatic rings. The van der Waals surface area contributed by atoms with Gasteiger partial charge in [0.1, 0.15) is 6.61 Å². The second kappa shape index (κ2) is 6.57. The Balaban J connectivity index is 1.97. The van der Waals surface area contributed by atoms with Crippen molar-refractivity contribution in [1.82, 2.24) is 0 Å². The van der Waals surface area contributed by atoms with Crippen LogP contribution in [-0.2, 0) is 11.3 Å². The average Bonchev–Trinajstić information content (AvgIpc) is 2.47. The third-order valence-corrected chi connectivity index (χ3v) is 4.03. The van der Waals surface area contributed by atoms with E-state index in [1.807, 2.05) is 56.3 Å². The second-order valence-electron chi connectivity index (χ2n) is 4.53. The number of nitrogens with one attached hydrogen (secondary N) is 1. The molecule has 0 fully saturated rings. The highest BCUT2D eigenvalue weighted by atomic mass is 79.9. The summed E-state index contributed by atoms with van der Waals surface area (Å²) < 4.78 is 6.22. The van der Waals surface area contributed by atoms with Crippen molar-refractivity contribution in [2.24, 2.45) is 0 Å². The lowest BCUT2D eigenvalue weighted by molar-refractivity contribution is 0.155. The van der Waals surface area contributed by atoms with Crippen LogP contribution in [0.3, 0.4) is 0 Å². The monoisotopic (exact) mass is 333 g/mol. The van der Waals surface area contributed by atoms with Gasteiger partial charge in [-0.3, -0.25) is 5.32 Å². The zero-order valence-corrected chi connectivity index (χ0v) is 13.0. The number of carbonyl (C=O) groups excluding carboxylic acids is 1. The highest BCUT2D eigenvalue weighted by molar-refractivity contribution is 9.10. The molecule has 0 aromatic heterocycles. The fourth-order valence-electron chi connectivity index (χ4n) is 1.79. The molecule has 1 N–H and O–H groups in total. The predicted octanol–water partition coefficient (Wildman–Crippen LogP) is 4.81. The molecule has 0 heterocycles. The molecule has 0 unspecified atom stereocenters. The van der Waals surface area contributed by atoms with Crippen molar-refractivity contribution >= 4 is 27.7 Å². The number of hydrogen-bond donors (Lipinski definition) is 1. The molecule has 2 aromatic carbocycles. The summed E-state index contributed by atoms with van der Waals surface area (Å²) >= 11 is 3.46. The molecule has 0 saturated carbocycles. The van der Waals surface area contributed by atoms with Gasteiger partial charge in [-0.1, -0.05) is 46.3 Å². The molecule has 1 amide bonds. The van der Waals surface area contributed by atoms with Gasteiger partial charge < -0.3 is 4.74 Å². The van der Waals surface area contributed by atoms with Crippen molar-refractivity contribution in [3.05, 3.63) is 63.6 Å². The summed E-state index contributed by atoms with van der Waals surface area (Å²) in [6, 6.07) is 13.4. The Morgan fingerprint density at radius 1 is 1.10 bits per heavy atom. The first-order chi connectivity index (χ1) is 9.58. The Labute approximate surface area is 127 Å². The van der Waals surface area contributed by atoms with Crippen LogP contribution < -0.4 is 5.32 Å². The van der Waals surface area contributed by atoms with E-state index < -0.39 is 6.09 Å². The molecule has 0 atom stereocenters. The number of anilines is 1. The lowest BCUT2D eigenvalue weighted by Crippen LogP contribution is -2.14. The number of halogens is 1. The van der Waals surface area contributed by atoms with Crippen molar-refractivity contribution in [3.63, 3.8) is 0 Å². The third kappa shape index (κ3) is 3.61. The van der Waals surface area contributed by atoms with Gasteiger partial charge in [-0.25, -0.2) is 4.79 Å². The molecule has 0 bridgehead atoms. The topological polar surface area (TPSA) is 38.3 Å². The summed E-state index contributed by atoms with van der Waals surface area (Å²) in [6.07, 6.45) is -0.446. The summed E-state index contributed by atoms with van der Waals surface area (Å²) in [4.78, 5) is 11.8. The van der Waals surface area contributed by atoms with E-state index in [9.17, 15) is 4.79 Å². The molecule has 0 aliphatic heterocycles. The number of amides is 1. The highest BCUT2D eigenvalue weighted by Gasteiger charge is 2.09. The number of hydrogen-bond acceptors (Lipinski definition) is 2. The first-order valence-electron chi connectivity index (χ1n) is 6.31. The summed E-state index contributed by atoms with van der Waals surface area (Å²) in [5, 5.41) is 2.77. The lowest BCUT2D eigenvalue weighted by atomic mass is 10.1. The minimum absolute atomic E-state index is 0.265. The maximum absolute atomic E-state index is 11.8. The van der Waals surface area contributed by atoms with Gasteiger partial charge in [0, 0.05) is 10.2 Å². The summed E-state index contributed by atoms with van der Waals surface area (Å²) in [5.74, 6) is 0. The highest BCUT2D eigenvalue weighted by Crippen LogP contribution is 2.25. The zero-order chi connectivity index (χ0) is 14.5. The van der Waals surface area contributed by atoms with Gasteiger partial charge in [-0.2, -0.15) is 0 Å². The molecule has 0 aliphatic rings. The van der Waals surface area contributed by atoms with Crippen LogP contribution in [0.1, 0.15) is 16.7 Å². The van der Waals surface area contributed by atoms with Gasteiger partial charge in [0.05, 0.1) is 0 Å². The minimum atomic E-state index is -0.446. The van der Waals surface area contributed by atoms with Crippen LogP contribution >= 0.6 is 15.9 Å². The van der Waals surface area contributed by atoms with E-state index in [-0.39, 0.29) is 6.61 Å². The van der Waals surface area contributed by atoms with E-state index in [4.69, 9.17) is 4.74 Å². The van der Waals surface area contributed by atoms with Crippen molar-refractivity contribution in [2.45, 2.75) is 20.5 Å². The molecule has 0 spiro atoms. The Morgan fingerprint density at radius 3 is 2.50 bits per heavy atom. The van der Waals surface area contributed by atoms with Crippen LogP contribution in [0.5, 0.6) is 0 Å². The molecule has 3 nitrogen and oxygen atoms in total. The van der Waals surface area contributed by atoms with Gasteiger partial charge in [0.15, 0.2) is 0 Å². The van der Waals surface area contributed by atoms with Crippen molar-refractivity contribution < 1.29 is 9.53 Å². The van der Waals surface area contributed by atoms with E-state index in [2.05, 4.69) is 21.2 Å². The molecule has 20 heavy (non-hydrogen) atoms. The van der Waals surface area contributed by atoms with E-state index in [0.717, 1.165) is 26.9 Å². The van der Waals surface area contributed by atoms with Crippen molar-refractivity contribution in [1.29, 1.82) is 0 Å². The Hall–Kier alpha value is -1.81. The SMILES string of the molecule is Cc1c(Br)ccc(NC(=O)OCc2ccccc2)c1C. The van der Waals surface area contributed by atoms with Gasteiger partial charge >= 0.3 is 6.09 Å². The van der Waals surface area contributed by atoms with Crippen LogP contribution in [0.4, 0.5) is 10.5 Å². The molecular formula is C16H16BrNO2. The van der Waals surface area contributed by atoms with Crippen molar-refractivity contribution in [2.75, 3.05) is 5.32 Å². The number of benzene rings is 2. The summed E-state index contributed by atoms with van der Waals surface area (Å²) in [7, 11) is 0. The number of carbonyl (C=O) groups is 1. The van der Waals surface area contributed by atoms with Crippen LogP contribution in [0, 0.1) is 13.8 Å². The second-order valence-corrected chi connectivity index (χ2v) is 5.39. The average molecular weight is 334 g/mol.